The summed E-state index contributed by atoms with van der Waals surface area (Å²) in [6, 6.07) is 6.02. The third-order valence-electron chi connectivity index (χ3n) is 2.01. The van der Waals surface area contributed by atoms with Crippen LogP contribution in [0.15, 0.2) is 18.2 Å². The average Bonchev–Trinajstić information content (AvgIpc) is 2.07. The Bertz CT molecular complexity index is 299. The number of nitrogens with two attached hydrogens (primary N) is 1. The van der Waals surface area contributed by atoms with E-state index in [0.717, 1.165) is 18.0 Å². The molecule has 0 atom stereocenters. The molecule has 1 heterocycles. The molecule has 0 bridgehead atoms. The molecule has 0 saturated heterocycles. The fourth-order valence-electron chi connectivity index (χ4n) is 1.35. The molecule has 0 unspecified atom stereocenters. The van der Waals surface area contributed by atoms with Gasteiger partial charge in [0.25, 0.3) is 0 Å². The highest BCUT2D eigenvalue weighted by Crippen LogP contribution is 2.29. The van der Waals surface area contributed by atoms with Crippen LogP contribution in [0.3, 0.4) is 0 Å². The molecule has 0 aliphatic carbocycles. The van der Waals surface area contributed by atoms with Crippen molar-refractivity contribution >= 4 is 5.69 Å². The Morgan fingerprint density at radius 1 is 1.50 bits per heavy atom. The van der Waals surface area contributed by atoms with Gasteiger partial charge in [-0.05, 0) is 24.6 Å². The molecule has 1 aliphatic heterocycles. The first-order valence-corrected chi connectivity index (χ1v) is 4.03. The molecule has 2 rings (SSSR count). The number of fused-ring (bicyclic) bond motifs is 1. The molecule has 1 aliphatic rings. The van der Waals surface area contributed by atoms with E-state index in [1.54, 1.807) is 5.01 Å². The lowest BCUT2D eigenvalue weighted by Gasteiger charge is -2.27. The van der Waals surface area contributed by atoms with Gasteiger partial charge in [0.2, 0.25) is 0 Å². The molecule has 3 heteroatoms. The standard InChI is InChI=1S/C9H12N2O/c1-7-2-3-9-8(6-7)11(10)4-5-12-9/h2-3,6H,4-5,10H2,1H3. The molecule has 12 heavy (non-hydrogen) atoms. The molecule has 0 spiro atoms. The van der Waals surface area contributed by atoms with Crippen molar-refractivity contribution in [2.45, 2.75) is 6.92 Å². The van der Waals surface area contributed by atoms with E-state index >= 15 is 0 Å². The maximum absolute atomic E-state index is 5.77. The molecule has 64 valence electrons. The lowest BCUT2D eigenvalue weighted by atomic mass is 10.2. The van der Waals surface area contributed by atoms with Crippen molar-refractivity contribution < 1.29 is 4.74 Å². The van der Waals surface area contributed by atoms with Gasteiger partial charge in [0, 0.05) is 0 Å². The normalized spacial score (nSPS) is 15.3. The fourth-order valence-corrected chi connectivity index (χ4v) is 1.35. The van der Waals surface area contributed by atoms with Crippen molar-refractivity contribution in [3.63, 3.8) is 0 Å². The Morgan fingerprint density at radius 2 is 2.33 bits per heavy atom. The molecule has 0 saturated carbocycles. The van der Waals surface area contributed by atoms with Crippen LogP contribution in [0.25, 0.3) is 0 Å². The average molecular weight is 164 g/mol. The maximum atomic E-state index is 5.77. The Balaban J connectivity index is 2.47. The second kappa shape index (κ2) is 2.68. The molecule has 0 radical (unpaired) electrons. The van der Waals surface area contributed by atoms with E-state index in [2.05, 4.69) is 0 Å². The predicted molar refractivity (Wildman–Crippen MR) is 48.2 cm³/mol. The highest BCUT2D eigenvalue weighted by atomic mass is 16.5. The first-order valence-electron chi connectivity index (χ1n) is 4.03. The van der Waals surface area contributed by atoms with Crippen molar-refractivity contribution in [1.82, 2.24) is 0 Å². The van der Waals surface area contributed by atoms with E-state index in [-0.39, 0.29) is 0 Å². The molecule has 3 nitrogen and oxygen atoms in total. The SMILES string of the molecule is Cc1ccc2c(c1)N(N)CCO2. The van der Waals surface area contributed by atoms with Crippen LogP contribution in [0, 0.1) is 6.92 Å². The number of hydrazine groups is 1. The van der Waals surface area contributed by atoms with Crippen molar-refractivity contribution in [3.8, 4) is 5.75 Å². The van der Waals surface area contributed by atoms with E-state index in [1.165, 1.54) is 5.56 Å². The summed E-state index contributed by atoms with van der Waals surface area (Å²) in [6.45, 7) is 3.48. The first-order chi connectivity index (χ1) is 5.77. The van der Waals surface area contributed by atoms with Crippen LogP contribution in [-0.2, 0) is 0 Å². The van der Waals surface area contributed by atoms with E-state index < -0.39 is 0 Å². The van der Waals surface area contributed by atoms with Crippen molar-refractivity contribution in [3.05, 3.63) is 23.8 Å². The third-order valence-corrected chi connectivity index (χ3v) is 2.01. The zero-order valence-electron chi connectivity index (χ0n) is 7.08. The fraction of sp³-hybridized carbons (Fsp3) is 0.333. The highest BCUT2D eigenvalue weighted by Gasteiger charge is 2.14. The monoisotopic (exact) mass is 164 g/mol. The molecule has 0 amide bonds. The maximum Gasteiger partial charge on any atom is 0.144 e. The number of hydrogen-bond donors (Lipinski definition) is 1. The first kappa shape index (κ1) is 7.43. The van der Waals surface area contributed by atoms with Crippen molar-refractivity contribution in [1.29, 1.82) is 0 Å². The third kappa shape index (κ3) is 1.12. The van der Waals surface area contributed by atoms with Crippen LogP contribution in [0.5, 0.6) is 5.75 Å². The van der Waals surface area contributed by atoms with Gasteiger partial charge in [-0.2, -0.15) is 0 Å². The quantitative estimate of drug-likeness (QED) is 0.583. The minimum atomic E-state index is 0.673. The summed E-state index contributed by atoms with van der Waals surface area (Å²) in [6.07, 6.45) is 0. The number of ether oxygens (including phenoxy) is 1. The summed E-state index contributed by atoms with van der Waals surface area (Å²) in [7, 11) is 0. The van der Waals surface area contributed by atoms with Crippen LogP contribution in [-0.4, -0.2) is 13.2 Å². The van der Waals surface area contributed by atoms with Gasteiger partial charge in [0.1, 0.15) is 12.4 Å². The van der Waals surface area contributed by atoms with Gasteiger partial charge in [-0.15, -0.1) is 0 Å². The van der Waals surface area contributed by atoms with E-state index in [0.29, 0.717) is 6.61 Å². The lowest BCUT2D eigenvalue weighted by Crippen LogP contribution is -2.38. The van der Waals surface area contributed by atoms with Gasteiger partial charge < -0.3 is 9.75 Å². The highest BCUT2D eigenvalue weighted by molar-refractivity contribution is 5.60. The molecule has 0 fully saturated rings. The van der Waals surface area contributed by atoms with Gasteiger partial charge in [-0.1, -0.05) is 6.07 Å². The largest absolute Gasteiger partial charge is 0.489 e. The van der Waals surface area contributed by atoms with Gasteiger partial charge in [0.05, 0.1) is 12.2 Å². The summed E-state index contributed by atoms with van der Waals surface area (Å²) >= 11 is 0. The zero-order valence-corrected chi connectivity index (χ0v) is 7.08. The Morgan fingerprint density at radius 3 is 3.17 bits per heavy atom. The van der Waals surface area contributed by atoms with Crippen molar-refractivity contribution in [2.75, 3.05) is 18.2 Å². The Hall–Kier alpha value is -1.22. The number of nitrogens with zero attached hydrogens (tertiary/aromatic N) is 1. The summed E-state index contributed by atoms with van der Waals surface area (Å²) < 4.78 is 5.43. The number of benzene rings is 1. The van der Waals surface area contributed by atoms with Gasteiger partial charge in [0.15, 0.2) is 0 Å². The second-order valence-corrected chi connectivity index (χ2v) is 3.01. The summed E-state index contributed by atoms with van der Waals surface area (Å²) in [4.78, 5) is 0. The van der Waals surface area contributed by atoms with Crippen molar-refractivity contribution in [2.24, 2.45) is 5.84 Å². The van der Waals surface area contributed by atoms with Gasteiger partial charge in [-0.3, -0.25) is 0 Å². The van der Waals surface area contributed by atoms with E-state index in [1.807, 2.05) is 25.1 Å². The minimum Gasteiger partial charge on any atom is -0.489 e. The van der Waals surface area contributed by atoms with Crippen LogP contribution in [0.4, 0.5) is 5.69 Å². The van der Waals surface area contributed by atoms with Gasteiger partial charge >= 0.3 is 0 Å². The van der Waals surface area contributed by atoms with Crippen LogP contribution >= 0.6 is 0 Å². The molecule has 0 aromatic heterocycles. The summed E-state index contributed by atoms with van der Waals surface area (Å²) in [5.74, 6) is 6.65. The number of rotatable bonds is 0. The molecule has 1 aromatic rings. The van der Waals surface area contributed by atoms with Gasteiger partial charge in [-0.25, -0.2) is 5.84 Å². The molecule has 2 N–H and O–H groups in total. The summed E-state index contributed by atoms with van der Waals surface area (Å²) in [5, 5.41) is 1.73. The molecular formula is C9H12N2O. The molecular weight excluding hydrogens is 152 g/mol. The Kier molecular flexibility index (Phi) is 1.66. The second-order valence-electron chi connectivity index (χ2n) is 3.01. The van der Waals surface area contributed by atoms with Crippen LogP contribution in [0.2, 0.25) is 0 Å². The smallest absolute Gasteiger partial charge is 0.144 e. The van der Waals surface area contributed by atoms with Crippen LogP contribution in [0.1, 0.15) is 5.56 Å². The lowest BCUT2D eigenvalue weighted by molar-refractivity contribution is 0.308. The zero-order chi connectivity index (χ0) is 8.55. The predicted octanol–water partition coefficient (Wildman–Crippen LogP) is 1.07. The van der Waals surface area contributed by atoms with E-state index in [4.69, 9.17) is 10.6 Å². The van der Waals surface area contributed by atoms with E-state index in [9.17, 15) is 0 Å². The topological polar surface area (TPSA) is 38.5 Å². The minimum absolute atomic E-state index is 0.673. The number of hydrogen-bond acceptors (Lipinski definition) is 3. The number of anilines is 1. The number of aryl methyl sites for hydroxylation is 1. The summed E-state index contributed by atoms with van der Waals surface area (Å²) in [5.41, 5.74) is 2.19. The van der Waals surface area contributed by atoms with Crippen LogP contribution < -0.4 is 15.6 Å². The Labute approximate surface area is 71.7 Å². The molecule has 1 aromatic carbocycles.